The van der Waals surface area contributed by atoms with E-state index in [1.165, 1.54) is 25.3 Å². The third kappa shape index (κ3) is 4.30. The Bertz CT molecular complexity index is 1010. The number of ketones is 1. The minimum atomic E-state index is -1.06. The Kier molecular flexibility index (Phi) is 5.70. The standard InChI is InChI=1S/C22H20F2O5/c1-22(2)10-9-14-18(28-12-27-3)11-17(26)19(21(14)29-22)16(25)8-7-13-5-4-6-15(23)20(13)24/h4-11,26H,12H2,1-3H3/b8-7+. The van der Waals surface area contributed by atoms with Crippen molar-refractivity contribution in [3.63, 3.8) is 0 Å². The van der Waals surface area contributed by atoms with Crippen molar-refractivity contribution < 1.29 is 32.9 Å². The van der Waals surface area contributed by atoms with Crippen molar-refractivity contribution >= 4 is 17.9 Å². The molecule has 0 bridgehead atoms. The summed E-state index contributed by atoms with van der Waals surface area (Å²) >= 11 is 0. The van der Waals surface area contributed by atoms with Crippen LogP contribution in [0.3, 0.4) is 0 Å². The highest BCUT2D eigenvalue weighted by Crippen LogP contribution is 2.44. The maximum atomic E-state index is 13.8. The number of carbonyl (C=O) groups is 1. The Labute approximate surface area is 166 Å². The molecule has 3 rings (SSSR count). The van der Waals surface area contributed by atoms with Gasteiger partial charge in [-0.05, 0) is 44.2 Å². The van der Waals surface area contributed by atoms with Gasteiger partial charge in [-0.1, -0.05) is 12.1 Å². The Morgan fingerprint density at radius 3 is 2.79 bits per heavy atom. The highest BCUT2D eigenvalue weighted by atomic mass is 19.2. The number of methoxy groups -OCH3 is 1. The molecule has 29 heavy (non-hydrogen) atoms. The normalized spacial score (nSPS) is 14.5. The van der Waals surface area contributed by atoms with Gasteiger partial charge in [0, 0.05) is 18.7 Å². The zero-order valence-electron chi connectivity index (χ0n) is 16.2. The summed E-state index contributed by atoms with van der Waals surface area (Å²) in [6.45, 7) is 3.52. The highest BCUT2D eigenvalue weighted by molar-refractivity contribution is 6.11. The van der Waals surface area contributed by atoms with Crippen LogP contribution in [-0.4, -0.2) is 30.4 Å². The molecule has 1 aliphatic rings. The minimum Gasteiger partial charge on any atom is -0.507 e. The molecule has 2 aromatic rings. The van der Waals surface area contributed by atoms with Crippen molar-refractivity contribution in [2.75, 3.05) is 13.9 Å². The van der Waals surface area contributed by atoms with Gasteiger partial charge in [-0.15, -0.1) is 0 Å². The Morgan fingerprint density at radius 1 is 1.31 bits per heavy atom. The Hall–Kier alpha value is -3.19. The molecule has 0 atom stereocenters. The number of halogens is 2. The van der Waals surface area contributed by atoms with Crippen LogP contribution >= 0.6 is 0 Å². The number of benzene rings is 2. The van der Waals surface area contributed by atoms with Crippen LogP contribution < -0.4 is 9.47 Å². The fraction of sp³-hybridized carbons (Fsp3) is 0.227. The highest BCUT2D eigenvalue weighted by Gasteiger charge is 2.30. The lowest BCUT2D eigenvalue weighted by molar-refractivity contribution is 0.0502. The number of allylic oxidation sites excluding steroid dienone is 1. The predicted molar refractivity (Wildman–Crippen MR) is 104 cm³/mol. The molecular formula is C22H20F2O5. The number of ether oxygens (including phenoxy) is 3. The number of rotatable bonds is 6. The van der Waals surface area contributed by atoms with Crippen LogP contribution in [-0.2, 0) is 4.74 Å². The number of aromatic hydroxyl groups is 1. The van der Waals surface area contributed by atoms with E-state index in [-0.39, 0.29) is 35.2 Å². The molecule has 2 aromatic carbocycles. The fourth-order valence-corrected chi connectivity index (χ4v) is 2.86. The predicted octanol–water partition coefficient (Wildman–Crippen LogP) is 4.73. The van der Waals surface area contributed by atoms with Crippen molar-refractivity contribution in [2.24, 2.45) is 0 Å². The fourth-order valence-electron chi connectivity index (χ4n) is 2.86. The molecule has 0 amide bonds. The number of carbonyl (C=O) groups excluding carboxylic acids is 1. The summed E-state index contributed by atoms with van der Waals surface area (Å²) in [6.07, 6.45) is 5.72. The second kappa shape index (κ2) is 8.05. The Balaban J connectivity index is 2.05. The van der Waals surface area contributed by atoms with Gasteiger partial charge in [0.05, 0.1) is 5.56 Å². The van der Waals surface area contributed by atoms with Crippen LogP contribution in [0.15, 0.2) is 36.4 Å². The molecule has 0 unspecified atom stereocenters. The third-order valence-corrected chi connectivity index (χ3v) is 4.25. The summed E-state index contributed by atoms with van der Waals surface area (Å²) in [6, 6.07) is 4.94. The van der Waals surface area contributed by atoms with Crippen LogP contribution in [0.4, 0.5) is 8.78 Å². The van der Waals surface area contributed by atoms with E-state index in [2.05, 4.69) is 0 Å². The molecule has 152 valence electrons. The molecule has 5 nitrogen and oxygen atoms in total. The van der Waals surface area contributed by atoms with Gasteiger partial charge < -0.3 is 19.3 Å². The lowest BCUT2D eigenvalue weighted by Gasteiger charge is -2.30. The number of hydrogen-bond acceptors (Lipinski definition) is 5. The summed E-state index contributed by atoms with van der Waals surface area (Å²) in [5.74, 6) is -2.66. The van der Waals surface area contributed by atoms with Gasteiger partial charge >= 0.3 is 0 Å². The number of fused-ring (bicyclic) bond motifs is 1. The monoisotopic (exact) mass is 402 g/mol. The zero-order chi connectivity index (χ0) is 21.2. The number of phenols is 1. The third-order valence-electron chi connectivity index (χ3n) is 4.25. The molecule has 0 aromatic heterocycles. The lowest BCUT2D eigenvalue weighted by Crippen LogP contribution is -2.28. The molecule has 0 saturated carbocycles. The van der Waals surface area contributed by atoms with E-state index >= 15 is 0 Å². The van der Waals surface area contributed by atoms with E-state index in [4.69, 9.17) is 14.2 Å². The van der Waals surface area contributed by atoms with Crippen molar-refractivity contribution in [3.05, 3.63) is 64.7 Å². The van der Waals surface area contributed by atoms with Crippen LogP contribution in [0.5, 0.6) is 17.2 Å². The maximum absolute atomic E-state index is 13.8. The molecule has 0 saturated heterocycles. The van der Waals surface area contributed by atoms with E-state index < -0.39 is 23.0 Å². The van der Waals surface area contributed by atoms with Gasteiger partial charge in [0.25, 0.3) is 0 Å². The van der Waals surface area contributed by atoms with Crippen molar-refractivity contribution in [1.82, 2.24) is 0 Å². The molecule has 0 radical (unpaired) electrons. The summed E-state index contributed by atoms with van der Waals surface area (Å²) < 4.78 is 43.5. The molecule has 0 spiro atoms. The van der Waals surface area contributed by atoms with Gasteiger partial charge in [-0.3, -0.25) is 4.79 Å². The van der Waals surface area contributed by atoms with Crippen molar-refractivity contribution in [3.8, 4) is 17.2 Å². The molecule has 1 heterocycles. The van der Waals surface area contributed by atoms with Crippen LogP contribution in [0, 0.1) is 11.6 Å². The summed E-state index contributed by atoms with van der Waals surface area (Å²) in [5.41, 5.74) is -0.455. The van der Waals surface area contributed by atoms with Crippen LogP contribution in [0.2, 0.25) is 0 Å². The number of hydrogen-bond donors (Lipinski definition) is 1. The van der Waals surface area contributed by atoms with Gasteiger partial charge in [0.2, 0.25) is 0 Å². The SMILES string of the molecule is COCOc1cc(O)c(C(=O)/C=C/c2cccc(F)c2F)c2c1C=CC(C)(C)O2. The molecule has 0 aliphatic carbocycles. The van der Waals surface area contributed by atoms with E-state index in [0.29, 0.717) is 5.56 Å². The van der Waals surface area contributed by atoms with E-state index in [1.54, 1.807) is 26.0 Å². The second-order valence-corrected chi connectivity index (χ2v) is 6.94. The molecule has 0 fully saturated rings. The molecule has 1 aliphatic heterocycles. The van der Waals surface area contributed by atoms with Gasteiger partial charge in [-0.2, -0.15) is 0 Å². The first kappa shape index (κ1) is 20.5. The van der Waals surface area contributed by atoms with Gasteiger partial charge in [-0.25, -0.2) is 8.78 Å². The molecule has 7 heteroatoms. The Morgan fingerprint density at radius 2 is 2.07 bits per heavy atom. The summed E-state index contributed by atoms with van der Waals surface area (Å²) in [4.78, 5) is 12.8. The van der Waals surface area contributed by atoms with Gasteiger partial charge in [0.15, 0.2) is 24.2 Å². The van der Waals surface area contributed by atoms with Crippen LogP contribution in [0.1, 0.15) is 35.3 Å². The maximum Gasteiger partial charge on any atom is 0.193 e. The lowest BCUT2D eigenvalue weighted by atomic mass is 9.96. The first-order chi connectivity index (χ1) is 13.7. The second-order valence-electron chi connectivity index (χ2n) is 6.94. The first-order valence-electron chi connectivity index (χ1n) is 8.80. The first-order valence-corrected chi connectivity index (χ1v) is 8.80. The summed E-state index contributed by atoms with van der Waals surface area (Å²) in [5, 5.41) is 10.5. The number of phenolic OH excluding ortho intramolecular Hbond substituents is 1. The van der Waals surface area contributed by atoms with Crippen molar-refractivity contribution in [1.29, 1.82) is 0 Å². The molecular weight excluding hydrogens is 382 g/mol. The zero-order valence-corrected chi connectivity index (χ0v) is 16.2. The van der Waals surface area contributed by atoms with Crippen molar-refractivity contribution in [2.45, 2.75) is 19.4 Å². The average molecular weight is 402 g/mol. The largest absolute Gasteiger partial charge is 0.507 e. The smallest absolute Gasteiger partial charge is 0.193 e. The van der Waals surface area contributed by atoms with E-state index in [9.17, 15) is 18.7 Å². The quantitative estimate of drug-likeness (QED) is 0.430. The average Bonchev–Trinajstić information content (AvgIpc) is 2.66. The molecule has 1 N–H and O–H groups in total. The summed E-state index contributed by atoms with van der Waals surface area (Å²) in [7, 11) is 1.45. The van der Waals surface area contributed by atoms with Crippen LogP contribution in [0.25, 0.3) is 12.2 Å². The van der Waals surface area contributed by atoms with E-state index in [1.807, 2.05) is 0 Å². The topological polar surface area (TPSA) is 65.0 Å². The van der Waals surface area contributed by atoms with Gasteiger partial charge in [0.1, 0.15) is 28.4 Å². The van der Waals surface area contributed by atoms with E-state index in [0.717, 1.165) is 18.2 Å². The minimum absolute atomic E-state index is 0.0604.